The Bertz CT molecular complexity index is 1400. The zero-order valence-electron chi connectivity index (χ0n) is 16.0. The molecular formula is C18H15BrN5O7P. The highest BCUT2D eigenvalue weighted by atomic mass is 79.9. The van der Waals surface area contributed by atoms with Gasteiger partial charge in [-0.2, -0.15) is 4.98 Å². The number of phenolic OH excluding ortho intramolecular Hbond substituents is 1. The summed E-state index contributed by atoms with van der Waals surface area (Å²) in [7, 11) is -2.09. The first-order chi connectivity index (χ1) is 15.4. The third-order valence-electron chi connectivity index (χ3n) is 5.51. The Kier molecular flexibility index (Phi) is 4.63. The van der Waals surface area contributed by atoms with Gasteiger partial charge in [0.2, 0.25) is 5.78 Å². The molecular weight excluding hydrogens is 509 g/mol. The molecule has 0 spiro atoms. The molecule has 5 atom stereocenters. The highest BCUT2D eigenvalue weighted by Gasteiger charge is 2.50. The van der Waals surface area contributed by atoms with Gasteiger partial charge in [0.05, 0.1) is 12.3 Å². The number of benzene rings is 1. The molecule has 0 amide bonds. The van der Waals surface area contributed by atoms with E-state index in [1.54, 1.807) is 30.5 Å². The molecule has 0 radical (unpaired) electrons. The van der Waals surface area contributed by atoms with Crippen LogP contribution in [0, 0.1) is 0 Å². The number of aliphatic hydroxyl groups is 1. The number of nitrogens with zero attached hydrogens (tertiary/aromatic N) is 4. The lowest BCUT2D eigenvalue weighted by molar-refractivity contribution is -0.0594. The number of ether oxygens (including phenoxy) is 1. The molecule has 3 aromatic heterocycles. The van der Waals surface area contributed by atoms with Crippen LogP contribution in [-0.4, -0.2) is 63.9 Å². The van der Waals surface area contributed by atoms with Crippen molar-refractivity contribution >= 4 is 41.5 Å². The Hall–Kier alpha value is -2.38. The van der Waals surface area contributed by atoms with Gasteiger partial charge in [0.15, 0.2) is 22.1 Å². The second kappa shape index (κ2) is 7.32. The van der Waals surface area contributed by atoms with E-state index in [0.29, 0.717) is 5.69 Å². The topological polar surface area (TPSA) is 156 Å². The van der Waals surface area contributed by atoms with Crippen molar-refractivity contribution in [3.05, 3.63) is 45.5 Å². The standard InChI is InChI=1S/C18H15BrN5O7P/c19-17-21-11-14(24(17)16-12(26)13-10(30-16)6-29-32(28)31-13)22-18-20-9(5-23(18)15(11)27)7-1-3-8(25)4-2-7/h1-5,10,12-13,16,25-26,28H,6H2,(H,20,22)/t10?,12?,13-,16-,32?/m1/s1. The highest BCUT2D eigenvalue weighted by molar-refractivity contribution is 9.10. The summed E-state index contributed by atoms with van der Waals surface area (Å²) < 4.78 is 19.4. The van der Waals surface area contributed by atoms with E-state index in [0.717, 1.165) is 5.56 Å². The average molecular weight is 524 g/mol. The lowest BCUT2D eigenvalue weighted by Crippen LogP contribution is -2.38. The Morgan fingerprint density at radius 2 is 2.03 bits per heavy atom. The zero-order valence-corrected chi connectivity index (χ0v) is 18.5. The zero-order chi connectivity index (χ0) is 22.1. The van der Waals surface area contributed by atoms with Gasteiger partial charge >= 0.3 is 8.60 Å². The van der Waals surface area contributed by atoms with Crippen molar-refractivity contribution < 1.29 is 28.9 Å². The van der Waals surface area contributed by atoms with Crippen LogP contribution in [-0.2, 0) is 13.8 Å². The number of imidazole rings is 2. The second-order valence-electron chi connectivity index (χ2n) is 7.41. The number of halogens is 1. The molecule has 0 saturated carbocycles. The number of nitrogens with one attached hydrogen (secondary N) is 1. The smallest absolute Gasteiger partial charge is 0.330 e. The largest absolute Gasteiger partial charge is 0.508 e. The Labute approximate surface area is 188 Å². The fourth-order valence-electron chi connectivity index (χ4n) is 3.98. The maximum atomic E-state index is 13.1. The van der Waals surface area contributed by atoms with Crippen molar-refractivity contribution in [2.75, 3.05) is 6.61 Å². The minimum atomic E-state index is -2.09. The van der Waals surface area contributed by atoms with Crippen LogP contribution in [0.1, 0.15) is 6.23 Å². The molecule has 5 heterocycles. The number of phenols is 1. The summed E-state index contributed by atoms with van der Waals surface area (Å²) in [4.78, 5) is 34.7. The molecule has 0 bridgehead atoms. The predicted molar refractivity (Wildman–Crippen MR) is 114 cm³/mol. The second-order valence-corrected chi connectivity index (χ2v) is 9.06. The average Bonchev–Trinajstić information content (AvgIpc) is 3.43. The fraction of sp³-hybridized carbons (Fsp3) is 0.278. The van der Waals surface area contributed by atoms with Crippen LogP contribution in [0.15, 0.2) is 40.0 Å². The van der Waals surface area contributed by atoms with Gasteiger partial charge in [-0.05, 0) is 45.8 Å². The van der Waals surface area contributed by atoms with Crippen LogP contribution in [0.5, 0.6) is 5.75 Å². The van der Waals surface area contributed by atoms with E-state index >= 15 is 0 Å². The number of H-pyrrole nitrogens is 1. The molecule has 4 N–H and O–H groups in total. The van der Waals surface area contributed by atoms with E-state index in [1.165, 1.54) is 8.97 Å². The lowest BCUT2D eigenvalue weighted by Gasteiger charge is -2.27. The normalized spacial score (nSPS) is 27.9. The van der Waals surface area contributed by atoms with Crippen molar-refractivity contribution in [2.24, 2.45) is 0 Å². The van der Waals surface area contributed by atoms with E-state index in [1.807, 2.05) is 0 Å². The number of aromatic hydroxyl groups is 1. The van der Waals surface area contributed by atoms with Crippen LogP contribution in [0.4, 0.5) is 0 Å². The molecule has 4 aromatic rings. The summed E-state index contributed by atoms with van der Waals surface area (Å²) in [6, 6.07) is 6.51. The SMILES string of the molecule is O=c1c2nc(Br)n([C@@H]3OC4COP(O)O[C@H]4C3O)c2nc2[nH]c(-c3ccc(O)cc3)cn12. The molecule has 3 unspecified atom stereocenters. The van der Waals surface area contributed by atoms with Crippen molar-refractivity contribution in [3.63, 3.8) is 0 Å². The first-order valence-corrected chi connectivity index (χ1v) is 11.4. The third-order valence-corrected chi connectivity index (χ3v) is 6.87. The summed E-state index contributed by atoms with van der Waals surface area (Å²) >= 11 is 3.33. The van der Waals surface area contributed by atoms with Crippen molar-refractivity contribution in [3.8, 4) is 17.0 Å². The van der Waals surface area contributed by atoms with Gasteiger partial charge in [-0.25, -0.2) is 9.38 Å². The maximum absolute atomic E-state index is 13.1. The van der Waals surface area contributed by atoms with E-state index < -0.39 is 38.7 Å². The molecule has 32 heavy (non-hydrogen) atoms. The first kappa shape index (κ1) is 20.2. The number of aliphatic hydroxyl groups excluding tert-OH is 1. The van der Waals surface area contributed by atoms with Crippen LogP contribution < -0.4 is 5.56 Å². The third kappa shape index (κ3) is 3.01. The molecule has 2 saturated heterocycles. The van der Waals surface area contributed by atoms with Crippen molar-refractivity contribution in [1.82, 2.24) is 23.9 Å². The van der Waals surface area contributed by atoms with Gasteiger partial charge in [0.25, 0.3) is 5.56 Å². The Morgan fingerprint density at radius 1 is 1.25 bits per heavy atom. The monoisotopic (exact) mass is 523 g/mol. The molecule has 14 heteroatoms. The minimum Gasteiger partial charge on any atom is -0.508 e. The van der Waals surface area contributed by atoms with E-state index in [2.05, 4.69) is 30.9 Å². The van der Waals surface area contributed by atoms with Crippen LogP contribution in [0.2, 0.25) is 0 Å². The molecule has 6 rings (SSSR count). The summed E-state index contributed by atoms with van der Waals surface area (Å²) in [5.74, 6) is 0.399. The lowest BCUT2D eigenvalue weighted by atomic mass is 10.1. The maximum Gasteiger partial charge on any atom is 0.330 e. The number of fused-ring (bicyclic) bond motifs is 3. The van der Waals surface area contributed by atoms with Crippen molar-refractivity contribution in [2.45, 2.75) is 24.5 Å². The highest BCUT2D eigenvalue weighted by Crippen LogP contribution is 2.47. The van der Waals surface area contributed by atoms with Gasteiger partial charge in [-0.3, -0.25) is 9.36 Å². The van der Waals surface area contributed by atoms with Crippen LogP contribution in [0.3, 0.4) is 0 Å². The summed E-state index contributed by atoms with van der Waals surface area (Å²) in [5, 5.41) is 20.3. The van der Waals surface area contributed by atoms with E-state index in [-0.39, 0.29) is 34.0 Å². The summed E-state index contributed by atoms with van der Waals surface area (Å²) in [6.07, 6.45) is -1.89. The van der Waals surface area contributed by atoms with Crippen LogP contribution in [0.25, 0.3) is 28.2 Å². The molecule has 0 aliphatic carbocycles. The van der Waals surface area contributed by atoms with Gasteiger partial charge in [0, 0.05) is 6.20 Å². The number of aromatic nitrogens is 5. The van der Waals surface area contributed by atoms with E-state index in [4.69, 9.17) is 13.8 Å². The van der Waals surface area contributed by atoms with Gasteiger partial charge in [-0.15, -0.1) is 0 Å². The number of rotatable bonds is 2. The number of hydrogen-bond acceptors (Lipinski definition) is 9. The number of hydrogen-bond donors (Lipinski definition) is 4. The first-order valence-electron chi connectivity index (χ1n) is 9.51. The molecule has 166 valence electrons. The molecule has 1 aromatic carbocycles. The summed E-state index contributed by atoms with van der Waals surface area (Å²) in [6.45, 7) is 0.0671. The fourth-order valence-corrected chi connectivity index (χ4v) is 5.34. The Morgan fingerprint density at radius 3 is 2.81 bits per heavy atom. The van der Waals surface area contributed by atoms with Gasteiger partial charge < -0.3 is 33.9 Å². The van der Waals surface area contributed by atoms with Gasteiger partial charge in [-0.1, -0.05) is 0 Å². The quantitative estimate of drug-likeness (QED) is 0.225. The minimum absolute atomic E-state index is 0.0671. The van der Waals surface area contributed by atoms with Crippen molar-refractivity contribution in [1.29, 1.82) is 0 Å². The molecule has 2 aliphatic rings. The molecule has 2 fully saturated rings. The predicted octanol–water partition coefficient (Wildman–Crippen LogP) is 1.40. The van der Waals surface area contributed by atoms with Gasteiger partial charge in [0.1, 0.15) is 24.1 Å². The number of aromatic amines is 1. The summed E-state index contributed by atoms with van der Waals surface area (Å²) in [5.41, 5.74) is 1.26. The Balaban J connectivity index is 1.47. The molecule has 2 aliphatic heterocycles. The molecule has 12 nitrogen and oxygen atoms in total. The van der Waals surface area contributed by atoms with Crippen LogP contribution >= 0.6 is 24.5 Å². The van der Waals surface area contributed by atoms with E-state index in [9.17, 15) is 19.9 Å².